The predicted molar refractivity (Wildman–Crippen MR) is 135 cm³/mol. The van der Waals surface area contributed by atoms with E-state index in [0.29, 0.717) is 30.5 Å². The monoisotopic (exact) mass is 506 g/mol. The van der Waals surface area contributed by atoms with Gasteiger partial charge in [-0.2, -0.15) is 0 Å². The van der Waals surface area contributed by atoms with Gasteiger partial charge in [0.05, 0.1) is 6.10 Å². The van der Waals surface area contributed by atoms with E-state index in [9.17, 15) is 18.8 Å². The molecule has 35 heavy (non-hydrogen) atoms. The van der Waals surface area contributed by atoms with Crippen molar-refractivity contribution in [3.63, 3.8) is 0 Å². The summed E-state index contributed by atoms with van der Waals surface area (Å²) >= 11 is 0. The van der Waals surface area contributed by atoms with Crippen molar-refractivity contribution in [2.24, 2.45) is 5.92 Å². The maximum absolute atomic E-state index is 14.7. The Balaban J connectivity index is 1.81. The molecule has 7 nitrogen and oxygen atoms in total. The van der Waals surface area contributed by atoms with Gasteiger partial charge in [0.1, 0.15) is 23.7 Å². The molecular formula is C26H39FN2O5Si. The molecule has 194 valence electrons. The maximum Gasteiger partial charge on any atom is 0.411 e. The van der Waals surface area contributed by atoms with E-state index in [-0.39, 0.29) is 23.6 Å². The number of nitrogens with zero attached hydrogens (tertiary/aromatic N) is 1. The van der Waals surface area contributed by atoms with E-state index in [0.717, 1.165) is 11.8 Å². The Kier molecular flexibility index (Phi) is 7.54. The van der Waals surface area contributed by atoms with Crippen molar-refractivity contribution in [2.45, 2.75) is 96.7 Å². The van der Waals surface area contributed by atoms with Crippen molar-refractivity contribution in [2.75, 3.05) is 11.9 Å². The number of anilines is 1. The van der Waals surface area contributed by atoms with Gasteiger partial charge >= 0.3 is 6.09 Å². The number of hydrogen-bond donors (Lipinski definition) is 1. The number of benzene rings is 1. The number of likely N-dealkylation sites (tertiary alicyclic amines) is 1. The third kappa shape index (κ3) is 6.30. The Bertz CT molecular complexity index is 999. The van der Waals surface area contributed by atoms with E-state index in [4.69, 9.17) is 9.16 Å². The zero-order valence-corrected chi connectivity index (χ0v) is 23.2. The molecule has 1 N–H and O–H groups in total. The molecule has 0 radical (unpaired) electrons. The number of aldehydes is 1. The topological polar surface area (TPSA) is 84.9 Å². The molecule has 2 amide bonds. The van der Waals surface area contributed by atoms with Gasteiger partial charge in [0.15, 0.2) is 8.32 Å². The van der Waals surface area contributed by atoms with Crippen LogP contribution in [0.4, 0.5) is 14.9 Å². The Hall–Kier alpha value is -2.26. The van der Waals surface area contributed by atoms with Gasteiger partial charge in [-0.25, -0.2) is 9.18 Å². The Labute approximate surface area is 208 Å². The fraction of sp³-hybridized carbons (Fsp3) is 0.654. The SMILES string of the molecule is CC(C)(C)OC(=O)N1C[C@@H](O[Si](C)(C)C(C)(C)C)C[C@H]1C(=O)Nc1cc(F)c2c(c1)CC(C=O)C2. The van der Waals surface area contributed by atoms with E-state index in [1.54, 1.807) is 26.8 Å². The number of fused-ring (bicyclic) bond motifs is 1. The number of carbonyl (C=O) groups excluding carboxylic acids is 3. The lowest BCUT2D eigenvalue weighted by Crippen LogP contribution is -2.46. The number of nitrogens with one attached hydrogen (secondary N) is 1. The van der Waals surface area contributed by atoms with Gasteiger partial charge in [0, 0.05) is 24.6 Å². The minimum absolute atomic E-state index is 0.0224. The highest BCUT2D eigenvalue weighted by atomic mass is 28.4. The molecular weight excluding hydrogens is 467 g/mol. The molecule has 0 bridgehead atoms. The van der Waals surface area contributed by atoms with Crippen molar-refractivity contribution in [3.8, 4) is 0 Å². The van der Waals surface area contributed by atoms with Gasteiger partial charge in [-0.1, -0.05) is 20.8 Å². The van der Waals surface area contributed by atoms with Crippen LogP contribution in [0.15, 0.2) is 12.1 Å². The summed E-state index contributed by atoms with van der Waals surface area (Å²) < 4.78 is 26.8. The van der Waals surface area contributed by atoms with Gasteiger partial charge in [0.2, 0.25) is 5.91 Å². The molecule has 1 aromatic carbocycles. The van der Waals surface area contributed by atoms with Gasteiger partial charge in [-0.3, -0.25) is 9.69 Å². The lowest BCUT2D eigenvalue weighted by Gasteiger charge is -2.38. The summed E-state index contributed by atoms with van der Waals surface area (Å²) in [6, 6.07) is 2.19. The van der Waals surface area contributed by atoms with Crippen molar-refractivity contribution in [1.82, 2.24) is 4.90 Å². The number of amides is 2. The molecule has 0 saturated carbocycles. The number of halogens is 1. The highest BCUT2D eigenvalue weighted by molar-refractivity contribution is 6.74. The molecule has 1 aliphatic carbocycles. The zero-order chi connectivity index (χ0) is 26.3. The minimum atomic E-state index is -2.14. The van der Waals surface area contributed by atoms with E-state index >= 15 is 0 Å². The van der Waals surface area contributed by atoms with E-state index < -0.39 is 37.8 Å². The number of rotatable bonds is 5. The first-order valence-corrected chi connectivity index (χ1v) is 15.2. The molecule has 1 heterocycles. The number of ether oxygens (including phenoxy) is 1. The standard InChI is InChI=1S/C26H39FN2O5Si/c1-25(2,3)33-24(32)29-14-19(34-35(7,8)26(4,5)6)13-22(29)23(31)28-18-11-17-9-16(15-30)10-20(17)21(27)12-18/h11-12,15-16,19,22H,9-10,13-14H2,1-8H3,(H,28,31)/t16?,19-,22-/m0/s1. The van der Waals surface area contributed by atoms with Crippen LogP contribution in [0, 0.1) is 11.7 Å². The molecule has 1 unspecified atom stereocenters. The zero-order valence-electron chi connectivity index (χ0n) is 22.2. The molecule has 3 rings (SSSR count). The molecule has 1 aromatic rings. The fourth-order valence-corrected chi connectivity index (χ4v) is 5.72. The van der Waals surface area contributed by atoms with Crippen molar-refractivity contribution in [1.29, 1.82) is 0 Å². The van der Waals surface area contributed by atoms with Crippen molar-refractivity contribution in [3.05, 3.63) is 29.1 Å². The van der Waals surface area contributed by atoms with Crippen LogP contribution in [0.3, 0.4) is 0 Å². The van der Waals surface area contributed by atoms with Crippen LogP contribution in [0.2, 0.25) is 18.1 Å². The number of carbonyl (C=O) groups is 3. The molecule has 1 fully saturated rings. The van der Waals surface area contributed by atoms with E-state index in [1.807, 2.05) is 0 Å². The molecule has 0 aromatic heterocycles. The highest BCUT2D eigenvalue weighted by Gasteiger charge is 2.46. The second kappa shape index (κ2) is 9.65. The van der Waals surface area contributed by atoms with E-state index in [1.165, 1.54) is 11.0 Å². The van der Waals surface area contributed by atoms with Gasteiger partial charge in [-0.15, -0.1) is 0 Å². The van der Waals surface area contributed by atoms with Gasteiger partial charge in [0.25, 0.3) is 0 Å². The first-order chi connectivity index (χ1) is 16.0. The largest absolute Gasteiger partial charge is 0.444 e. The highest BCUT2D eigenvalue weighted by Crippen LogP contribution is 2.39. The molecule has 3 atom stereocenters. The molecule has 9 heteroatoms. The van der Waals surface area contributed by atoms with Crippen LogP contribution in [0.25, 0.3) is 0 Å². The maximum atomic E-state index is 14.7. The van der Waals surface area contributed by atoms with Crippen LogP contribution >= 0.6 is 0 Å². The Morgan fingerprint density at radius 3 is 2.37 bits per heavy atom. The summed E-state index contributed by atoms with van der Waals surface area (Å²) in [5.41, 5.74) is 0.858. The predicted octanol–water partition coefficient (Wildman–Crippen LogP) is 5.08. The number of hydrogen-bond acceptors (Lipinski definition) is 5. The lowest BCUT2D eigenvalue weighted by molar-refractivity contribution is -0.120. The summed E-state index contributed by atoms with van der Waals surface area (Å²) in [6.07, 6.45) is 1.13. The summed E-state index contributed by atoms with van der Waals surface area (Å²) in [5, 5.41) is 2.77. The third-order valence-corrected chi connectivity index (χ3v) is 11.7. The van der Waals surface area contributed by atoms with Crippen LogP contribution < -0.4 is 5.32 Å². The van der Waals surface area contributed by atoms with Crippen LogP contribution in [0.1, 0.15) is 59.1 Å². The summed E-state index contributed by atoms with van der Waals surface area (Å²) in [6.45, 7) is 16.3. The van der Waals surface area contributed by atoms with Gasteiger partial charge < -0.3 is 19.3 Å². The fourth-order valence-electron chi connectivity index (χ4n) is 4.36. The quantitative estimate of drug-likeness (QED) is 0.445. The normalized spacial score (nSPS) is 22.7. The Morgan fingerprint density at radius 2 is 1.80 bits per heavy atom. The third-order valence-electron chi connectivity index (χ3n) is 7.16. The second-order valence-electron chi connectivity index (χ2n) is 12.3. The van der Waals surface area contributed by atoms with Gasteiger partial charge in [-0.05, 0) is 75.0 Å². The molecule has 0 spiro atoms. The lowest BCUT2D eigenvalue weighted by atomic mass is 10.1. The smallest absolute Gasteiger partial charge is 0.411 e. The molecule has 2 aliphatic rings. The second-order valence-corrected chi connectivity index (χ2v) is 17.0. The van der Waals surface area contributed by atoms with Crippen molar-refractivity contribution >= 4 is 32.3 Å². The average molecular weight is 507 g/mol. The van der Waals surface area contributed by atoms with Crippen LogP contribution in [-0.2, 0) is 31.6 Å². The van der Waals surface area contributed by atoms with Crippen molar-refractivity contribution < 1.29 is 27.9 Å². The minimum Gasteiger partial charge on any atom is -0.444 e. The molecule has 1 saturated heterocycles. The Morgan fingerprint density at radius 1 is 1.14 bits per heavy atom. The first-order valence-electron chi connectivity index (χ1n) is 12.3. The van der Waals surface area contributed by atoms with Crippen LogP contribution in [-0.4, -0.2) is 55.8 Å². The molecule has 1 aliphatic heterocycles. The van der Waals surface area contributed by atoms with E-state index in [2.05, 4.69) is 39.2 Å². The van der Waals surface area contributed by atoms with Crippen LogP contribution in [0.5, 0.6) is 0 Å². The summed E-state index contributed by atoms with van der Waals surface area (Å²) in [7, 11) is -2.14. The first kappa shape index (κ1) is 27.3. The average Bonchev–Trinajstić information content (AvgIpc) is 3.29. The summed E-state index contributed by atoms with van der Waals surface area (Å²) in [4.78, 5) is 38.9. The summed E-state index contributed by atoms with van der Waals surface area (Å²) in [5.74, 6) is -1.09.